The van der Waals surface area contributed by atoms with Crippen LogP contribution >= 0.6 is 0 Å². The highest BCUT2D eigenvalue weighted by Crippen LogP contribution is 2.49. The second kappa shape index (κ2) is 13.4. The largest absolute Gasteiger partial charge is 0.456 e. The first-order valence-electron chi connectivity index (χ1n) is 20.0. The van der Waals surface area contributed by atoms with Crippen LogP contribution in [0, 0.1) is 0 Å². The number of nitrogens with zero attached hydrogens (tertiary/aromatic N) is 1. The van der Waals surface area contributed by atoms with Crippen LogP contribution in [0.3, 0.4) is 0 Å². The lowest BCUT2D eigenvalue weighted by Gasteiger charge is -2.26. The highest BCUT2D eigenvalue weighted by molar-refractivity contribution is 6.88. The van der Waals surface area contributed by atoms with Gasteiger partial charge in [-0.3, -0.25) is 0 Å². The lowest BCUT2D eigenvalue weighted by molar-refractivity contribution is 0.660. The fraction of sp³-hybridized carbons (Fsp3) is 0.111. The van der Waals surface area contributed by atoms with Crippen LogP contribution in [0.2, 0.25) is 19.6 Å². The zero-order valence-electron chi connectivity index (χ0n) is 33.2. The first-order valence-corrected chi connectivity index (χ1v) is 23.5. The molecule has 1 aliphatic carbocycles. The topological polar surface area (TPSA) is 16.4 Å². The summed E-state index contributed by atoms with van der Waals surface area (Å²) in [4.78, 5) is 2.36. The molecule has 1 heterocycles. The van der Waals surface area contributed by atoms with Crippen molar-refractivity contribution >= 4 is 52.3 Å². The summed E-state index contributed by atoms with van der Waals surface area (Å²) in [6.45, 7) is 11.9. The first kappa shape index (κ1) is 35.0. The minimum absolute atomic E-state index is 0.0363. The van der Waals surface area contributed by atoms with Gasteiger partial charge in [-0.2, -0.15) is 0 Å². The molecule has 57 heavy (non-hydrogen) atoms. The van der Waals surface area contributed by atoms with E-state index in [0.29, 0.717) is 0 Å². The molecule has 0 aliphatic heterocycles. The molecule has 10 rings (SSSR count). The monoisotopic (exact) mass is 751 g/mol. The molecule has 3 heteroatoms. The van der Waals surface area contributed by atoms with Gasteiger partial charge >= 0.3 is 0 Å². The zero-order valence-corrected chi connectivity index (χ0v) is 34.2. The van der Waals surface area contributed by atoms with Gasteiger partial charge < -0.3 is 9.32 Å². The molecule has 0 saturated carbocycles. The van der Waals surface area contributed by atoms with Gasteiger partial charge in [0.25, 0.3) is 0 Å². The minimum Gasteiger partial charge on any atom is -0.456 e. The maximum atomic E-state index is 6.12. The average molecular weight is 752 g/mol. The Kier molecular flexibility index (Phi) is 8.21. The summed E-state index contributed by atoms with van der Waals surface area (Å²) in [6, 6.07) is 66.8. The Bertz CT molecular complexity index is 2930. The lowest BCUT2D eigenvalue weighted by Crippen LogP contribution is -2.37. The molecule has 0 unspecified atom stereocenters. The van der Waals surface area contributed by atoms with Crippen LogP contribution < -0.4 is 10.1 Å². The lowest BCUT2D eigenvalue weighted by atomic mass is 9.81. The number of para-hydroxylation sites is 1. The van der Waals surface area contributed by atoms with Crippen molar-refractivity contribution in [2.45, 2.75) is 38.9 Å². The van der Waals surface area contributed by atoms with Crippen LogP contribution in [-0.2, 0) is 5.41 Å². The average Bonchev–Trinajstić information content (AvgIpc) is 3.72. The van der Waals surface area contributed by atoms with E-state index in [0.717, 1.165) is 39.0 Å². The molecule has 0 spiro atoms. The fourth-order valence-corrected chi connectivity index (χ4v) is 9.97. The van der Waals surface area contributed by atoms with E-state index in [1.165, 1.54) is 60.8 Å². The van der Waals surface area contributed by atoms with Crippen molar-refractivity contribution in [3.05, 3.63) is 193 Å². The second-order valence-electron chi connectivity index (χ2n) is 17.0. The molecule has 0 amide bonds. The van der Waals surface area contributed by atoms with Crippen LogP contribution in [0.15, 0.2) is 186 Å². The normalized spacial score (nSPS) is 13.1. The van der Waals surface area contributed by atoms with E-state index >= 15 is 0 Å². The Balaban J connectivity index is 1.01. The van der Waals surface area contributed by atoms with Gasteiger partial charge in [0.15, 0.2) is 0 Å². The van der Waals surface area contributed by atoms with Crippen molar-refractivity contribution in [1.82, 2.24) is 0 Å². The predicted molar refractivity (Wildman–Crippen MR) is 245 cm³/mol. The van der Waals surface area contributed by atoms with Gasteiger partial charge in [0.1, 0.15) is 11.2 Å². The second-order valence-corrected chi connectivity index (χ2v) is 22.1. The molecule has 0 atom stereocenters. The van der Waals surface area contributed by atoms with Gasteiger partial charge in [0.2, 0.25) is 0 Å². The molecule has 0 saturated heterocycles. The minimum atomic E-state index is -1.36. The third-order valence-corrected chi connectivity index (χ3v) is 14.2. The number of anilines is 3. The van der Waals surface area contributed by atoms with Crippen molar-refractivity contribution in [3.63, 3.8) is 0 Å². The van der Waals surface area contributed by atoms with E-state index in [2.05, 4.69) is 208 Å². The summed E-state index contributed by atoms with van der Waals surface area (Å²) in [7, 11) is -1.36. The Labute approximate surface area is 336 Å². The molecule has 0 bridgehead atoms. The number of rotatable bonds is 7. The maximum absolute atomic E-state index is 6.12. The summed E-state index contributed by atoms with van der Waals surface area (Å²) >= 11 is 0. The number of benzene rings is 8. The van der Waals surface area contributed by atoms with Crippen LogP contribution in [-0.4, -0.2) is 8.07 Å². The van der Waals surface area contributed by atoms with Crippen LogP contribution in [0.5, 0.6) is 0 Å². The van der Waals surface area contributed by atoms with E-state index in [9.17, 15) is 0 Å². The predicted octanol–water partition coefficient (Wildman–Crippen LogP) is 14.9. The first-order chi connectivity index (χ1) is 27.6. The number of hydrogen-bond donors (Lipinski definition) is 0. The standard InChI is InChI=1S/C54H45NOSi/c1-54(2)50-12-8-6-10-46(50)47-32-22-41(35-51(47)54)39-18-28-44(29-19-39)55(42-24-14-36(15-25-42)37-20-30-45(31-21-37)57(3,4)5)43-26-16-38(17-27-43)40-23-33-53-49(34-40)48-11-7-9-13-52(48)56-53/h6-35H,1-5H3. The summed E-state index contributed by atoms with van der Waals surface area (Å²) in [6.07, 6.45) is 0. The van der Waals surface area contributed by atoms with E-state index in [1.807, 2.05) is 12.1 Å². The third kappa shape index (κ3) is 6.11. The summed E-state index contributed by atoms with van der Waals surface area (Å²) in [5.41, 5.74) is 17.9. The molecule has 1 aliphatic rings. The SMILES string of the molecule is CC1(C)c2ccccc2-c2ccc(-c3ccc(N(c4ccc(-c5ccc([Si](C)(C)C)cc5)cc4)c4ccc(-c5ccc6oc7ccccc7c6c5)cc4)cc3)cc21. The smallest absolute Gasteiger partial charge is 0.135 e. The molecule has 276 valence electrons. The molecule has 1 aromatic heterocycles. The third-order valence-electron chi connectivity index (χ3n) is 12.1. The Morgan fingerprint density at radius 1 is 0.404 bits per heavy atom. The number of furan rings is 1. The zero-order chi connectivity index (χ0) is 38.9. The van der Waals surface area contributed by atoms with Gasteiger partial charge in [-0.05, 0) is 116 Å². The maximum Gasteiger partial charge on any atom is 0.135 e. The Hall–Kier alpha value is -6.42. The van der Waals surface area contributed by atoms with Gasteiger partial charge in [-0.25, -0.2) is 0 Å². The molecule has 9 aromatic rings. The van der Waals surface area contributed by atoms with Crippen molar-refractivity contribution in [2.24, 2.45) is 0 Å². The van der Waals surface area contributed by atoms with E-state index in [-0.39, 0.29) is 5.41 Å². The van der Waals surface area contributed by atoms with E-state index < -0.39 is 8.07 Å². The van der Waals surface area contributed by atoms with Gasteiger partial charge in [-0.15, -0.1) is 0 Å². The highest BCUT2D eigenvalue weighted by atomic mass is 28.3. The van der Waals surface area contributed by atoms with Crippen molar-refractivity contribution in [3.8, 4) is 44.5 Å². The fourth-order valence-electron chi connectivity index (χ4n) is 8.81. The molecular formula is C54H45NOSi. The molecule has 0 N–H and O–H groups in total. The molecule has 0 fully saturated rings. The van der Waals surface area contributed by atoms with Crippen molar-refractivity contribution in [2.75, 3.05) is 4.90 Å². The number of fused-ring (bicyclic) bond motifs is 6. The van der Waals surface area contributed by atoms with Crippen molar-refractivity contribution < 1.29 is 4.42 Å². The highest BCUT2D eigenvalue weighted by Gasteiger charge is 2.35. The Morgan fingerprint density at radius 3 is 1.47 bits per heavy atom. The molecular weight excluding hydrogens is 707 g/mol. The summed E-state index contributed by atoms with van der Waals surface area (Å²) in [5, 5.41) is 3.76. The molecule has 2 nitrogen and oxygen atoms in total. The van der Waals surface area contributed by atoms with Crippen LogP contribution in [0.4, 0.5) is 17.1 Å². The Morgan fingerprint density at radius 2 is 0.860 bits per heavy atom. The summed E-state index contributed by atoms with van der Waals surface area (Å²) < 4.78 is 6.12. The van der Waals surface area contributed by atoms with E-state index in [1.54, 1.807) is 0 Å². The van der Waals surface area contributed by atoms with Crippen LogP contribution in [0.25, 0.3) is 66.4 Å². The molecule has 0 radical (unpaired) electrons. The van der Waals surface area contributed by atoms with Crippen LogP contribution in [0.1, 0.15) is 25.0 Å². The van der Waals surface area contributed by atoms with Crippen molar-refractivity contribution in [1.29, 1.82) is 0 Å². The van der Waals surface area contributed by atoms with Gasteiger partial charge in [-0.1, -0.05) is 160 Å². The molecule has 8 aromatic carbocycles. The van der Waals surface area contributed by atoms with Gasteiger partial charge in [0.05, 0.1) is 8.07 Å². The summed E-state index contributed by atoms with van der Waals surface area (Å²) in [5.74, 6) is 0. The van der Waals surface area contributed by atoms with Gasteiger partial charge in [0, 0.05) is 33.2 Å². The van der Waals surface area contributed by atoms with E-state index in [4.69, 9.17) is 4.42 Å². The number of hydrogen-bond acceptors (Lipinski definition) is 2. The quantitative estimate of drug-likeness (QED) is 0.151.